The Morgan fingerprint density at radius 1 is 1.00 bits per heavy atom. The van der Waals surface area contributed by atoms with Crippen molar-refractivity contribution < 1.29 is 13.2 Å². The van der Waals surface area contributed by atoms with Crippen molar-refractivity contribution >= 4 is 0 Å². The fourth-order valence-corrected chi connectivity index (χ4v) is 1.50. The minimum Gasteiger partial charge on any atom is -0.300 e. The number of halogens is 3. The Morgan fingerprint density at radius 3 is 1.88 bits per heavy atom. The molecule has 90 valence electrons. The molecule has 0 atom stereocenters. The maximum Gasteiger partial charge on any atom is 0.416 e. The predicted octanol–water partition coefficient (Wildman–Crippen LogP) is 3.55. The zero-order valence-corrected chi connectivity index (χ0v) is 9.51. The summed E-state index contributed by atoms with van der Waals surface area (Å²) in [7, 11) is 0. The molecule has 1 nitrogen and oxygen atoms in total. The monoisotopic (exact) mass is 231 g/mol. The zero-order chi connectivity index (χ0) is 12.2. The first-order valence-corrected chi connectivity index (χ1v) is 5.35. The maximum absolute atomic E-state index is 12.3. The lowest BCUT2D eigenvalue weighted by Crippen LogP contribution is -2.22. The van der Waals surface area contributed by atoms with E-state index in [-0.39, 0.29) is 0 Å². The Kier molecular flexibility index (Phi) is 4.35. The van der Waals surface area contributed by atoms with Crippen molar-refractivity contribution in [3.8, 4) is 0 Å². The van der Waals surface area contributed by atoms with Gasteiger partial charge in [0.05, 0.1) is 5.56 Å². The summed E-state index contributed by atoms with van der Waals surface area (Å²) in [5.41, 5.74) is 0.326. The SMILES string of the molecule is CCN(CC)Cc1ccc(C(F)(F)F)cc1. The summed E-state index contributed by atoms with van der Waals surface area (Å²) >= 11 is 0. The van der Waals surface area contributed by atoms with Crippen LogP contribution in [-0.4, -0.2) is 18.0 Å². The van der Waals surface area contributed by atoms with E-state index < -0.39 is 11.7 Å². The van der Waals surface area contributed by atoms with Gasteiger partial charge in [0, 0.05) is 6.54 Å². The van der Waals surface area contributed by atoms with Crippen molar-refractivity contribution in [3.05, 3.63) is 35.4 Å². The van der Waals surface area contributed by atoms with Crippen molar-refractivity contribution in [2.24, 2.45) is 0 Å². The van der Waals surface area contributed by atoms with Gasteiger partial charge in [-0.3, -0.25) is 4.90 Å². The average molecular weight is 231 g/mol. The summed E-state index contributed by atoms with van der Waals surface area (Å²) in [6, 6.07) is 5.36. The summed E-state index contributed by atoms with van der Waals surface area (Å²) in [6.07, 6.45) is -4.24. The first-order chi connectivity index (χ1) is 7.47. The second kappa shape index (κ2) is 5.34. The van der Waals surface area contributed by atoms with E-state index >= 15 is 0 Å². The number of hydrogen-bond acceptors (Lipinski definition) is 1. The van der Waals surface area contributed by atoms with Crippen LogP contribution in [0.3, 0.4) is 0 Å². The largest absolute Gasteiger partial charge is 0.416 e. The van der Waals surface area contributed by atoms with Crippen LogP contribution >= 0.6 is 0 Å². The predicted molar refractivity (Wildman–Crippen MR) is 58.1 cm³/mol. The van der Waals surface area contributed by atoms with Gasteiger partial charge in [-0.05, 0) is 30.8 Å². The van der Waals surface area contributed by atoms with Crippen LogP contribution in [0.1, 0.15) is 25.0 Å². The molecule has 1 aromatic rings. The van der Waals surface area contributed by atoms with Crippen molar-refractivity contribution in [2.75, 3.05) is 13.1 Å². The van der Waals surface area contributed by atoms with Crippen molar-refractivity contribution in [3.63, 3.8) is 0 Å². The molecule has 0 spiro atoms. The third kappa shape index (κ3) is 3.52. The lowest BCUT2D eigenvalue weighted by molar-refractivity contribution is -0.137. The van der Waals surface area contributed by atoms with Gasteiger partial charge in [0.1, 0.15) is 0 Å². The van der Waals surface area contributed by atoms with E-state index in [4.69, 9.17) is 0 Å². The minimum absolute atomic E-state index is 0.587. The summed E-state index contributed by atoms with van der Waals surface area (Å²) in [6.45, 7) is 6.57. The molecule has 0 bridgehead atoms. The van der Waals surface area contributed by atoms with Gasteiger partial charge in [0.2, 0.25) is 0 Å². The molecule has 0 aromatic heterocycles. The van der Waals surface area contributed by atoms with E-state index in [1.165, 1.54) is 0 Å². The summed E-state index contributed by atoms with van der Waals surface area (Å²) in [4.78, 5) is 2.16. The molecule has 0 heterocycles. The summed E-state index contributed by atoms with van der Waals surface area (Å²) in [5, 5.41) is 0. The minimum atomic E-state index is -4.24. The Hall–Kier alpha value is -1.03. The molecular weight excluding hydrogens is 215 g/mol. The molecule has 0 aliphatic heterocycles. The van der Waals surface area contributed by atoms with Crippen LogP contribution in [-0.2, 0) is 12.7 Å². The van der Waals surface area contributed by atoms with E-state index in [0.29, 0.717) is 6.54 Å². The fraction of sp³-hybridized carbons (Fsp3) is 0.500. The van der Waals surface area contributed by atoms with Gasteiger partial charge in [-0.15, -0.1) is 0 Å². The quantitative estimate of drug-likeness (QED) is 0.766. The van der Waals surface area contributed by atoms with Gasteiger partial charge >= 0.3 is 6.18 Å². The lowest BCUT2D eigenvalue weighted by Gasteiger charge is -2.18. The second-order valence-electron chi connectivity index (χ2n) is 3.66. The van der Waals surface area contributed by atoms with Gasteiger partial charge in [-0.25, -0.2) is 0 Å². The van der Waals surface area contributed by atoms with Crippen molar-refractivity contribution in [1.29, 1.82) is 0 Å². The van der Waals surface area contributed by atoms with Crippen LogP contribution in [0.4, 0.5) is 13.2 Å². The zero-order valence-electron chi connectivity index (χ0n) is 9.51. The molecule has 1 rings (SSSR count). The highest BCUT2D eigenvalue weighted by Gasteiger charge is 2.29. The molecule has 0 radical (unpaired) electrons. The lowest BCUT2D eigenvalue weighted by atomic mass is 10.1. The van der Waals surface area contributed by atoms with Crippen LogP contribution in [0.15, 0.2) is 24.3 Å². The number of benzene rings is 1. The molecule has 0 N–H and O–H groups in total. The average Bonchev–Trinajstić information content (AvgIpc) is 2.25. The van der Waals surface area contributed by atoms with Crippen molar-refractivity contribution in [2.45, 2.75) is 26.6 Å². The standard InChI is InChI=1S/C12H16F3N/c1-3-16(4-2)9-10-5-7-11(8-6-10)12(13,14)15/h5-8H,3-4,9H2,1-2H3. The normalized spacial score (nSPS) is 12.1. The van der Waals surface area contributed by atoms with E-state index in [1.54, 1.807) is 12.1 Å². The first-order valence-electron chi connectivity index (χ1n) is 5.35. The molecule has 16 heavy (non-hydrogen) atoms. The van der Waals surface area contributed by atoms with E-state index in [9.17, 15) is 13.2 Å². The molecule has 0 aliphatic rings. The highest BCUT2D eigenvalue weighted by Crippen LogP contribution is 2.29. The Labute approximate surface area is 93.9 Å². The molecular formula is C12H16F3N. The van der Waals surface area contributed by atoms with E-state index in [1.807, 2.05) is 13.8 Å². The fourth-order valence-electron chi connectivity index (χ4n) is 1.50. The number of hydrogen-bond donors (Lipinski definition) is 0. The number of alkyl halides is 3. The molecule has 0 fully saturated rings. The summed E-state index contributed by atoms with van der Waals surface area (Å²) in [5.74, 6) is 0. The van der Waals surface area contributed by atoms with Crippen LogP contribution in [0.25, 0.3) is 0 Å². The first kappa shape index (κ1) is 13.0. The van der Waals surface area contributed by atoms with E-state index in [2.05, 4.69) is 4.90 Å². The second-order valence-corrected chi connectivity index (χ2v) is 3.66. The van der Waals surface area contributed by atoms with Crippen molar-refractivity contribution in [1.82, 2.24) is 4.90 Å². The van der Waals surface area contributed by atoms with Gasteiger partial charge in [-0.1, -0.05) is 26.0 Å². The number of nitrogens with zero attached hydrogens (tertiary/aromatic N) is 1. The number of rotatable bonds is 4. The van der Waals surface area contributed by atoms with Gasteiger partial charge < -0.3 is 0 Å². The molecule has 1 aromatic carbocycles. The van der Waals surface area contributed by atoms with Gasteiger partial charge in [0.25, 0.3) is 0 Å². The summed E-state index contributed by atoms with van der Waals surface area (Å²) < 4.78 is 36.9. The molecule has 0 aliphatic carbocycles. The maximum atomic E-state index is 12.3. The topological polar surface area (TPSA) is 3.24 Å². The highest BCUT2D eigenvalue weighted by atomic mass is 19.4. The van der Waals surface area contributed by atoms with E-state index in [0.717, 1.165) is 30.8 Å². The molecule has 0 unspecified atom stereocenters. The molecule has 0 amide bonds. The Bertz CT molecular complexity index is 312. The van der Waals surface area contributed by atoms with Gasteiger partial charge in [0.15, 0.2) is 0 Å². The Morgan fingerprint density at radius 2 is 1.50 bits per heavy atom. The highest BCUT2D eigenvalue weighted by molar-refractivity contribution is 5.24. The molecule has 0 saturated carbocycles. The van der Waals surface area contributed by atoms with Crippen LogP contribution in [0, 0.1) is 0 Å². The van der Waals surface area contributed by atoms with Gasteiger partial charge in [-0.2, -0.15) is 13.2 Å². The molecule has 4 heteroatoms. The van der Waals surface area contributed by atoms with Crippen LogP contribution < -0.4 is 0 Å². The Balaban J connectivity index is 2.72. The third-order valence-electron chi connectivity index (χ3n) is 2.58. The smallest absolute Gasteiger partial charge is 0.300 e. The third-order valence-corrected chi connectivity index (χ3v) is 2.58. The molecule has 0 saturated heterocycles. The van der Waals surface area contributed by atoms with Crippen LogP contribution in [0.5, 0.6) is 0 Å². The van der Waals surface area contributed by atoms with Crippen LogP contribution in [0.2, 0.25) is 0 Å².